The molecule has 1 unspecified atom stereocenters. The van der Waals surface area contributed by atoms with Crippen LogP contribution in [-0.4, -0.2) is 48.2 Å². The van der Waals surface area contributed by atoms with Crippen LogP contribution in [0.15, 0.2) is 0 Å². The molecule has 0 fully saturated rings. The monoisotopic (exact) mass is 259 g/mol. The van der Waals surface area contributed by atoms with E-state index in [1.807, 2.05) is 27.7 Å². The molecule has 0 aromatic rings. The van der Waals surface area contributed by atoms with Crippen LogP contribution >= 0.6 is 0 Å². The van der Waals surface area contributed by atoms with Crippen LogP contribution in [0.25, 0.3) is 0 Å². The highest BCUT2D eigenvalue weighted by Gasteiger charge is 2.31. The molecule has 0 heterocycles. The van der Waals surface area contributed by atoms with Crippen LogP contribution in [-0.2, 0) is 14.3 Å². The maximum atomic E-state index is 12.3. The first-order valence-electron chi connectivity index (χ1n) is 6.26. The topological polar surface area (TPSA) is 66.8 Å². The van der Waals surface area contributed by atoms with Gasteiger partial charge in [-0.3, -0.25) is 9.59 Å². The number of aliphatic hydroxyl groups excluding tert-OH is 1. The molecule has 0 aromatic heterocycles. The Morgan fingerprint density at radius 3 is 2.22 bits per heavy atom. The van der Waals surface area contributed by atoms with Crippen LogP contribution in [0.2, 0.25) is 0 Å². The summed E-state index contributed by atoms with van der Waals surface area (Å²) in [5.74, 6) is -0.415. The Morgan fingerprint density at radius 1 is 1.33 bits per heavy atom. The first kappa shape index (κ1) is 16.9. The second-order valence-corrected chi connectivity index (χ2v) is 5.32. The van der Waals surface area contributed by atoms with Gasteiger partial charge in [0.1, 0.15) is 0 Å². The second-order valence-electron chi connectivity index (χ2n) is 5.32. The Morgan fingerprint density at radius 2 is 1.89 bits per heavy atom. The molecule has 0 aliphatic carbocycles. The number of aliphatic hydroxyl groups is 1. The van der Waals surface area contributed by atoms with Gasteiger partial charge < -0.3 is 14.7 Å². The fraction of sp³-hybridized carbons (Fsp3) is 0.846. The molecule has 1 N–H and O–H groups in total. The smallest absolute Gasteiger partial charge is 0.307 e. The van der Waals surface area contributed by atoms with Crippen molar-refractivity contribution in [2.24, 2.45) is 5.41 Å². The predicted octanol–water partition coefficient (Wildman–Crippen LogP) is 1.20. The second kappa shape index (κ2) is 7.36. The van der Waals surface area contributed by atoms with Gasteiger partial charge in [-0.15, -0.1) is 0 Å². The van der Waals surface area contributed by atoms with Crippen LogP contribution in [0.5, 0.6) is 0 Å². The Kier molecular flexibility index (Phi) is 6.91. The van der Waals surface area contributed by atoms with E-state index in [4.69, 9.17) is 0 Å². The zero-order valence-corrected chi connectivity index (χ0v) is 12.0. The van der Waals surface area contributed by atoms with Gasteiger partial charge >= 0.3 is 5.97 Å². The van der Waals surface area contributed by atoms with Gasteiger partial charge in [-0.1, -0.05) is 27.7 Å². The van der Waals surface area contributed by atoms with E-state index in [9.17, 15) is 14.7 Å². The van der Waals surface area contributed by atoms with E-state index in [0.717, 1.165) is 0 Å². The SMILES string of the molecule is CCC(CO)N(CCC(=O)OC)C(=O)C(C)(C)C. The van der Waals surface area contributed by atoms with Gasteiger partial charge in [0.25, 0.3) is 0 Å². The fourth-order valence-corrected chi connectivity index (χ4v) is 1.64. The standard InChI is InChI=1S/C13H25NO4/c1-6-10(9-15)14(8-7-11(16)18-5)12(17)13(2,3)4/h10,15H,6-9H2,1-5H3. The Balaban J connectivity index is 4.83. The summed E-state index contributed by atoms with van der Waals surface area (Å²) in [6.07, 6.45) is 0.800. The lowest BCUT2D eigenvalue weighted by Crippen LogP contribution is -2.48. The summed E-state index contributed by atoms with van der Waals surface area (Å²) in [6, 6.07) is -0.249. The largest absolute Gasteiger partial charge is 0.469 e. The van der Waals surface area contributed by atoms with E-state index in [2.05, 4.69) is 4.74 Å². The minimum absolute atomic E-state index is 0.0627. The van der Waals surface area contributed by atoms with Crippen molar-refractivity contribution in [2.75, 3.05) is 20.3 Å². The van der Waals surface area contributed by atoms with Crippen LogP contribution in [0.3, 0.4) is 0 Å². The number of ether oxygens (including phenoxy) is 1. The van der Waals surface area contributed by atoms with E-state index >= 15 is 0 Å². The van der Waals surface area contributed by atoms with Crippen LogP contribution in [0.1, 0.15) is 40.5 Å². The third kappa shape index (κ3) is 5.04. The van der Waals surface area contributed by atoms with Gasteiger partial charge in [0.05, 0.1) is 26.2 Å². The summed E-state index contributed by atoms with van der Waals surface area (Å²) < 4.78 is 4.57. The highest BCUT2D eigenvalue weighted by atomic mass is 16.5. The van der Waals surface area contributed by atoms with Gasteiger partial charge in [0.15, 0.2) is 0 Å². The molecule has 1 amide bonds. The van der Waals surface area contributed by atoms with E-state index < -0.39 is 5.41 Å². The maximum absolute atomic E-state index is 12.3. The molecule has 18 heavy (non-hydrogen) atoms. The number of carbonyl (C=O) groups is 2. The molecule has 0 rings (SSSR count). The minimum Gasteiger partial charge on any atom is -0.469 e. The average molecular weight is 259 g/mol. The highest BCUT2D eigenvalue weighted by Crippen LogP contribution is 2.20. The van der Waals surface area contributed by atoms with Crippen LogP contribution < -0.4 is 0 Å². The fourth-order valence-electron chi connectivity index (χ4n) is 1.64. The third-order valence-corrected chi connectivity index (χ3v) is 2.81. The van der Waals surface area contributed by atoms with E-state index in [-0.39, 0.29) is 37.5 Å². The molecule has 0 bridgehead atoms. The molecule has 5 nitrogen and oxygen atoms in total. The average Bonchev–Trinajstić information content (AvgIpc) is 2.32. The number of amides is 1. The number of esters is 1. The van der Waals surface area contributed by atoms with Crippen molar-refractivity contribution in [2.45, 2.75) is 46.6 Å². The lowest BCUT2D eigenvalue weighted by atomic mass is 9.93. The van der Waals surface area contributed by atoms with Gasteiger partial charge in [0.2, 0.25) is 5.91 Å². The molecular weight excluding hydrogens is 234 g/mol. The summed E-state index contributed by atoms with van der Waals surface area (Å²) in [5, 5.41) is 9.32. The van der Waals surface area contributed by atoms with E-state index in [1.165, 1.54) is 7.11 Å². The zero-order valence-electron chi connectivity index (χ0n) is 12.0. The molecule has 0 saturated heterocycles. The van der Waals surface area contributed by atoms with Crippen molar-refractivity contribution in [3.63, 3.8) is 0 Å². The first-order chi connectivity index (χ1) is 8.27. The molecule has 0 spiro atoms. The number of rotatable bonds is 6. The number of carbonyl (C=O) groups excluding carboxylic acids is 2. The lowest BCUT2D eigenvalue weighted by Gasteiger charge is -2.34. The normalized spacial score (nSPS) is 13.0. The van der Waals surface area contributed by atoms with Crippen molar-refractivity contribution in [1.82, 2.24) is 4.90 Å². The van der Waals surface area contributed by atoms with Gasteiger partial charge in [-0.25, -0.2) is 0 Å². The van der Waals surface area contributed by atoms with Crippen LogP contribution in [0.4, 0.5) is 0 Å². The van der Waals surface area contributed by atoms with Gasteiger partial charge in [-0.2, -0.15) is 0 Å². The number of methoxy groups -OCH3 is 1. The van der Waals surface area contributed by atoms with E-state index in [1.54, 1.807) is 4.90 Å². The van der Waals surface area contributed by atoms with Crippen molar-refractivity contribution in [1.29, 1.82) is 0 Å². The third-order valence-electron chi connectivity index (χ3n) is 2.81. The quantitative estimate of drug-likeness (QED) is 0.728. The summed E-state index contributed by atoms with van der Waals surface area (Å²) >= 11 is 0. The molecule has 0 aliphatic rings. The van der Waals surface area contributed by atoms with E-state index in [0.29, 0.717) is 6.42 Å². The molecule has 106 valence electrons. The molecule has 0 radical (unpaired) electrons. The zero-order chi connectivity index (χ0) is 14.3. The predicted molar refractivity (Wildman–Crippen MR) is 69.0 cm³/mol. The summed E-state index contributed by atoms with van der Waals surface area (Å²) in [6.45, 7) is 7.56. The molecule has 5 heteroatoms. The summed E-state index contributed by atoms with van der Waals surface area (Å²) in [5.41, 5.74) is -0.529. The molecule has 0 saturated carbocycles. The molecule has 0 aromatic carbocycles. The Hall–Kier alpha value is -1.10. The highest BCUT2D eigenvalue weighted by molar-refractivity contribution is 5.82. The Labute approximate surface area is 109 Å². The molecular formula is C13H25NO4. The maximum Gasteiger partial charge on any atom is 0.307 e. The van der Waals surface area contributed by atoms with Crippen molar-refractivity contribution in [3.8, 4) is 0 Å². The first-order valence-corrected chi connectivity index (χ1v) is 6.26. The Bertz CT molecular complexity index is 279. The summed E-state index contributed by atoms with van der Waals surface area (Å²) in [4.78, 5) is 25.0. The van der Waals surface area contributed by atoms with Gasteiger partial charge in [-0.05, 0) is 6.42 Å². The van der Waals surface area contributed by atoms with Crippen molar-refractivity contribution >= 4 is 11.9 Å². The minimum atomic E-state index is -0.529. The molecule has 1 atom stereocenters. The van der Waals surface area contributed by atoms with Crippen LogP contribution in [0, 0.1) is 5.41 Å². The number of hydrogen-bond donors (Lipinski definition) is 1. The number of nitrogens with zero attached hydrogens (tertiary/aromatic N) is 1. The molecule has 0 aliphatic heterocycles. The van der Waals surface area contributed by atoms with Crippen molar-refractivity contribution in [3.05, 3.63) is 0 Å². The van der Waals surface area contributed by atoms with Gasteiger partial charge in [0, 0.05) is 12.0 Å². The number of hydrogen-bond acceptors (Lipinski definition) is 4. The van der Waals surface area contributed by atoms with Crippen molar-refractivity contribution < 1.29 is 19.4 Å². The summed E-state index contributed by atoms with van der Waals surface area (Å²) in [7, 11) is 1.32. The lowest BCUT2D eigenvalue weighted by molar-refractivity contribution is -0.146.